The lowest BCUT2D eigenvalue weighted by Crippen LogP contribution is -2.49. The molecule has 1 atom stereocenters. The molecule has 172 valence electrons. The summed E-state index contributed by atoms with van der Waals surface area (Å²) in [6, 6.07) is 3.21. The molecule has 1 fully saturated rings. The molecule has 0 spiro atoms. The molecular formula is C23H25ClN6O3. The molecule has 0 unspecified atom stereocenters. The van der Waals surface area contributed by atoms with E-state index in [2.05, 4.69) is 38.6 Å². The Morgan fingerprint density at radius 3 is 2.67 bits per heavy atom. The maximum absolute atomic E-state index is 13.0. The SMILES string of the molecule is CCCCC#CCN1CCN(C(=O)O[C@H]2c3nccnc3C(=O)N2c2ccc(Cl)cn2)CC1. The number of amides is 2. The molecule has 4 heterocycles. The van der Waals surface area contributed by atoms with Crippen molar-refractivity contribution in [2.45, 2.75) is 32.4 Å². The number of halogens is 1. The van der Waals surface area contributed by atoms with Gasteiger partial charge in [-0.15, -0.1) is 5.92 Å². The molecule has 1 saturated heterocycles. The lowest BCUT2D eigenvalue weighted by molar-refractivity contribution is 0.0463. The first kappa shape index (κ1) is 23.0. The van der Waals surface area contributed by atoms with Gasteiger partial charge < -0.3 is 9.64 Å². The normalized spacial score (nSPS) is 18.0. The summed E-state index contributed by atoms with van der Waals surface area (Å²) in [6.07, 6.45) is 5.94. The molecule has 0 bridgehead atoms. The minimum absolute atomic E-state index is 0.138. The number of aromatic nitrogens is 3. The van der Waals surface area contributed by atoms with Gasteiger partial charge >= 0.3 is 6.09 Å². The fraction of sp³-hybridized carbons (Fsp3) is 0.435. The highest BCUT2D eigenvalue weighted by Gasteiger charge is 2.44. The number of unbranched alkanes of at least 4 members (excludes halogenated alkanes) is 2. The van der Waals surface area contributed by atoms with Crippen LogP contribution in [0.4, 0.5) is 10.6 Å². The van der Waals surface area contributed by atoms with Gasteiger partial charge in [-0.1, -0.05) is 30.9 Å². The van der Waals surface area contributed by atoms with E-state index in [1.54, 1.807) is 17.0 Å². The first-order valence-electron chi connectivity index (χ1n) is 11.0. The van der Waals surface area contributed by atoms with Crippen LogP contribution < -0.4 is 4.90 Å². The molecule has 2 aromatic heterocycles. The van der Waals surface area contributed by atoms with Crippen molar-refractivity contribution in [3.63, 3.8) is 0 Å². The fourth-order valence-electron chi connectivity index (χ4n) is 3.66. The zero-order valence-corrected chi connectivity index (χ0v) is 19.2. The number of piperazine rings is 1. The standard InChI is InChI=1S/C23H25ClN6O3/c1-2-3-4-5-6-11-28-12-14-29(15-13-28)23(32)33-22-20-19(25-9-10-26-20)21(31)30(22)18-8-7-17(24)16-27-18/h7-10,16,22H,2-4,11-15H2,1H3/t22-/m0/s1. The zero-order valence-electron chi connectivity index (χ0n) is 18.4. The number of carbonyl (C=O) groups excluding carboxylic acids is 2. The van der Waals surface area contributed by atoms with E-state index >= 15 is 0 Å². The summed E-state index contributed by atoms with van der Waals surface area (Å²) in [5.41, 5.74) is 0.423. The number of nitrogens with zero attached hydrogens (tertiary/aromatic N) is 6. The molecule has 2 aliphatic heterocycles. The van der Waals surface area contributed by atoms with E-state index in [0.29, 0.717) is 43.6 Å². The quantitative estimate of drug-likeness (QED) is 0.491. The van der Waals surface area contributed by atoms with E-state index in [1.165, 1.54) is 23.5 Å². The van der Waals surface area contributed by atoms with Gasteiger partial charge in [-0.3, -0.25) is 14.7 Å². The van der Waals surface area contributed by atoms with Gasteiger partial charge in [-0.2, -0.15) is 0 Å². The molecule has 33 heavy (non-hydrogen) atoms. The monoisotopic (exact) mass is 468 g/mol. The van der Waals surface area contributed by atoms with E-state index in [4.69, 9.17) is 16.3 Å². The Kier molecular flexibility index (Phi) is 7.37. The van der Waals surface area contributed by atoms with Crippen LogP contribution in [0.1, 0.15) is 48.6 Å². The summed E-state index contributed by atoms with van der Waals surface area (Å²) in [5, 5.41) is 0.431. The number of hydrogen-bond donors (Lipinski definition) is 0. The minimum atomic E-state index is -1.05. The van der Waals surface area contributed by atoms with Gasteiger partial charge in [0.1, 0.15) is 11.5 Å². The summed E-state index contributed by atoms with van der Waals surface area (Å²) in [6.45, 7) is 5.30. The van der Waals surface area contributed by atoms with Crippen LogP contribution in [0, 0.1) is 11.8 Å². The predicted octanol–water partition coefficient (Wildman–Crippen LogP) is 3.13. The molecule has 2 amide bonds. The third kappa shape index (κ3) is 5.24. The van der Waals surface area contributed by atoms with E-state index in [-0.39, 0.29) is 11.4 Å². The lowest BCUT2D eigenvalue weighted by atomic mass is 10.2. The number of pyridine rings is 1. The van der Waals surface area contributed by atoms with E-state index in [1.807, 2.05) is 0 Å². The first-order valence-corrected chi connectivity index (χ1v) is 11.4. The van der Waals surface area contributed by atoms with Crippen LogP contribution in [0.3, 0.4) is 0 Å². The Bertz CT molecular complexity index is 1060. The number of hydrogen-bond acceptors (Lipinski definition) is 7. The van der Waals surface area contributed by atoms with E-state index in [9.17, 15) is 9.59 Å². The predicted molar refractivity (Wildman–Crippen MR) is 123 cm³/mol. The molecule has 0 N–H and O–H groups in total. The van der Waals surface area contributed by atoms with Gasteiger partial charge in [-0.05, 0) is 18.6 Å². The van der Waals surface area contributed by atoms with E-state index < -0.39 is 18.2 Å². The number of rotatable bonds is 5. The summed E-state index contributed by atoms with van der Waals surface area (Å²) >= 11 is 5.94. The average molecular weight is 469 g/mol. The second-order valence-corrected chi connectivity index (χ2v) is 8.19. The van der Waals surface area contributed by atoms with Crippen molar-refractivity contribution in [1.29, 1.82) is 0 Å². The Morgan fingerprint density at radius 2 is 1.94 bits per heavy atom. The molecule has 10 heteroatoms. The molecule has 9 nitrogen and oxygen atoms in total. The van der Waals surface area contributed by atoms with Crippen LogP contribution in [-0.4, -0.2) is 69.5 Å². The summed E-state index contributed by atoms with van der Waals surface area (Å²) < 4.78 is 5.78. The second-order valence-electron chi connectivity index (χ2n) is 7.76. The smallest absolute Gasteiger partial charge is 0.412 e. The van der Waals surface area contributed by atoms with Crippen molar-refractivity contribution < 1.29 is 14.3 Å². The molecule has 4 rings (SSSR count). The third-order valence-corrected chi connectivity index (χ3v) is 5.72. The minimum Gasteiger partial charge on any atom is -0.419 e. The van der Waals surface area contributed by atoms with Gasteiger partial charge in [0.05, 0.1) is 11.6 Å². The van der Waals surface area contributed by atoms with Gasteiger partial charge in [-0.25, -0.2) is 19.7 Å². The van der Waals surface area contributed by atoms with Crippen molar-refractivity contribution in [1.82, 2.24) is 24.8 Å². The van der Waals surface area contributed by atoms with Crippen molar-refractivity contribution in [2.75, 3.05) is 37.6 Å². The van der Waals surface area contributed by atoms with Crippen molar-refractivity contribution in [3.05, 3.63) is 47.1 Å². The molecular weight excluding hydrogens is 444 g/mol. The fourth-order valence-corrected chi connectivity index (χ4v) is 3.77. The number of ether oxygens (including phenoxy) is 1. The highest BCUT2D eigenvalue weighted by molar-refractivity contribution is 6.30. The van der Waals surface area contributed by atoms with Crippen molar-refractivity contribution >= 4 is 29.4 Å². The molecule has 2 aliphatic rings. The van der Waals surface area contributed by atoms with Gasteiger partial charge in [0.25, 0.3) is 5.91 Å². The van der Waals surface area contributed by atoms with Gasteiger partial charge in [0, 0.05) is 51.2 Å². The number of fused-ring (bicyclic) bond motifs is 1. The Labute approximate surface area is 197 Å². The van der Waals surface area contributed by atoms with Gasteiger partial charge in [0.2, 0.25) is 6.23 Å². The van der Waals surface area contributed by atoms with Crippen LogP contribution in [0.15, 0.2) is 30.7 Å². The number of carbonyl (C=O) groups is 2. The zero-order chi connectivity index (χ0) is 23.2. The molecule has 0 aliphatic carbocycles. The molecule has 0 aromatic carbocycles. The lowest BCUT2D eigenvalue weighted by Gasteiger charge is -2.34. The van der Waals surface area contributed by atoms with Crippen molar-refractivity contribution in [2.24, 2.45) is 0 Å². The maximum Gasteiger partial charge on any atom is 0.412 e. The second kappa shape index (κ2) is 10.6. The Morgan fingerprint density at radius 1 is 1.15 bits per heavy atom. The maximum atomic E-state index is 13.0. The summed E-state index contributed by atoms with van der Waals surface area (Å²) in [7, 11) is 0. The Balaban J connectivity index is 1.42. The highest BCUT2D eigenvalue weighted by atomic mass is 35.5. The summed E-state index contributed by atoms with van der Waals surface area (Å²) in [4.78, 5) is 43.7. The largest absolute Gasteiger partial charge is 0.419 e. The first-order chi connectivity index (χ1) is 16.1. The van der Waals surface area contributed by atoms with E-state index in [0.717, 1.165) is 19.3 Å². The Hall–Kier alpha value is -3.22. The van der Waals surface area contributed by atoms with Crippen LogP contribution in [0.25, 0.3) is 0 Å². The number of anilines is 1. The van der Waals surface area contributed by atoms with Gasteiger partial charge in [0.15, 0.2) is 5.69 Å². The van der Waals surface area contributed by atoms with Crippen molar-refractivity contribution in [3.8, 4) is 11.8 Å². The molecule has 2 aromatic rings. The third-order valence-electron chi connectivity index (χ3n) is 5.50. The molecule has 0 saturated carbocycles. The molecule has 0 radical (unpaired) electrons. The van der Waals surface area contributed by atoms with Crippen LogP contribution in [0.5, 0.6) is 0 Å². The highest BCUT2D eigenvalue weighted by Crippen LogP contribution is 2.35. The summed E-state index contributed by atoms with van der Waals surface area (Å²) in [5.74, 6) is 6.26. The van der Waals surface area contributed by atoms with Crippen LogP contribution in [-0.2, 0) is 4.74 Å². The van der Waals surface area contributed by atoms with Crippen LogP contribution in [0.2, 0.25) is 5.02 Å². The topological polar surface area (TPSA) is 91.8 Å². The average Bonchev–Trinajstić information content (AvgIpc) is 3.11. The van der Waals surface area contributed by atoms with Crippen LogP contribution >= 0.6 is 11.6 Å².